The highest BCUT2D eigenvalue weighted by Crippen LogP contribution is 2.41. The van der Waals surface area contributed by atoms with Gasteiger partial charge in [-0.25, -0.2) is 13.6 Å². The number of benzene rings is 1. The van der Waals surface area contributed by atoms with Crippen molar-refractivity contribution in [3.63, 3.8) is 0 Å². The molecule has 3 rings (SSSR count). The molecular weight excluding hydrogens is 368 g/mol. The Morgan fingerprint density at radius 3 is 2.60 bits per heavy atom. The first-order valence-electron chi connectivity index (χ1n) is 5.81. The summed E-state index contributed by atoms with van der Waals surface area (Å²) in [6.07, 6.45) is 1.78. The smallest absolute Gasteiger partial charge is 0.273 e. The normalized spacial score (nSPS) is 15.6. The Morgan fingerprint density at radius 1 is 1.35 bits per heavy atom. The van der Waals surface area contributed by atoms with Gasteiger partial charge in [0.25, 0.3) is 15.2 Å². The Morgan fingerprint density at radius 2 is 2.05 bits per heavy atom. The van der Waals surface area contributed by atoms with Crippen LogP contribution in [0, 0.1) is 0 Å². The first-order valence-corrected chi connectivity index (χ1v) is 8.53. The van der Waals surface area contributed by atoms with Crippen LogP contribution in [-0.4, -0.2) is 23.2 Å². The fourth-order valence-electron chi connectivity index (χ4n) is 1.99. The second-order valence-corrected chi connectivity index (χ2v) is 7.32. The van der Waals surface area contributed by atoms with Crippen molar-refractivity contribution in [1.82, 2.24) is 14.8 Å². The van der Waals surface area contributed by atoms with Crippen molar-refractivity contribution in [2.45, 2.75) is 24.0 Å². The minimum absolute atomic E-state index is 0.0795. The lowest BCUT2D eigenvalue weighted by Gasteiger charge is -2.09. The molecule has 0 amide bonds. The van der Waals surface area contributed by atoms with Crippen LogP contribution in [0.15, 0.2) is 27.8 Å². The van der Waals surface area contributed by atoms with Crippen molar-refractivity contribution in [3.05, 3.63) is 27.7 Å². The van der Waals surface area contributed by atoms with Crippen molar-refractivity contribution in [2.24, 2.45) is 5.14 Å². The first-order chi connectivity index (χ1) is 9.38. The lowest BCUT2D eigenvalue weighted by molar-refractivity contribution is 0.567. The van der Waals surface area contributed by atoms with Gasteiger partial charge in [-0.05, 0) is 47.0 Å². The van der Waals surface area contributed by atoms with Gasteiger partial charge in [-0.15, -0.1) is 10.2 Å². The third-order valence-corrected chi connectivity index (χ3v) is 4.68. The molecule has 1 aromatic heterocycles. The summed E-state index contributed by atoms with van der Waals surface area (Å²) in [6.45, 7) is 0. The van der Waals surface area contributed by atoms with Gasteiger partial charge in [0.2, 0.25) is 0 Å². The summed E-state index contributed by atoms with van der Waals surface area (Å²) in [5.74, 6) is 0.472. The van der Waals surface area contributed by atoms with Gasteiger partial charge in [0.05, 0.1) is 0 Å². The first kappa shape index (κ1) is 14.0. The number of rotatable bonds is 3. The highest BCUT2D eigenvalue weighted by molar-refractivity contribution is 9.10. The van der Waals surface area contributed by atoms with Crippen LogP contribution >= 0.6 is 27.5 Å². The summed E-state index contributed by atoms with van der Waals surface area (Å²) in [5.41, 5.74) is 0.726. The number of aromatic nitrogens is 3. The molecule has 1 saturated carbocycles. The summed E-state index contributed by atoms with van der Waals surface area (Å²) < 4.78 is 25.5. The molecule has 0 atom stereocenters. The van der Waals surface area contributed by atoms with E-state index < -0.39 is 10.0 Å². The molecule has 106 valence electrons. The van der Waals surface area contributed by atoms with E-state index in [2.05, 4.69) is 26.1 Å². The molecule has 1 fully saturated rings. The van der Waals surface area contributed by atoms with E-state index >= 15 is 0 Å². The quantitative estimate of drug-likeness (QED) is 0.889. The van der Waals surface area contributed by atoms with E-state index in [-0.39, 0.29) is 11.2 Å². The predicted octanol–water partition coefficient (Wildman–Crippen LogP) is 2.34. The monoisotopic (exact) mass is 376 g/mol. The Bertz CT molecular complexity index is 786. The van der Waals surface area contributed by atoms with E-state index in [4.69, 9.17) is 16.7 Å². The molecule has 0 aliphatic heterocycles. The van der Waals surface area contributed by atoms with Gasteiger partial charge in [-0.3, -0.25) is 4.57 Å². The van der Waals surface area contributed by atoms with Crippen molar-refractivity contribution >= 4 is 37.6 Å². The number of halogens is 2. The summed E-state index contributed by atoms with van der Waals surface area (Å²) >= 11 is 9.31. The van der Waals surface area contributed by atoms with Crippen LogP contribution in [-0.2, 0) is 10.0 Å². The molecule has 2 N–H and O–H groups in total. The van der Waals surface area contributed by atoms with Gasteiger partial charge in [0.15, 0.2) is 5.82 Å². The molecule has 0 saturated heterocycles. The molecule has 1 aromatic carbocycles. The number of nitrogens with zero attached hydrogens (tertiary/aromatic N) is 3. The Kier molecular flexibility index (Phi) is 3.36. The maximum Gasteiger partial charge on any atom is 0.273 e. The molecule has 1 heterocycles. The summed E-state index contributed by atoms with van der Waals surface area (Å²) in [4.78, 5) is 0. The van der Waals surface area contributed by atoms with E-state index in [0.29, 0.717) is 10.8 Å². The highest BCUT2D eigenvalue weighted by atomic mass is 79.9. The molecule has 20 heavy (non-hydrogen) atoms. The Balaban J connectivity index is 2.22. The minimum Gasteiger partial charge on any atom is -0.294 e. The number of sulfonamides is 1. The SMILES string of the molecule is NS(=O)(=O)c1nnc(-c2ccc(Cl)cc2Br)n1C1CC1. The maximum atomic E-state index is 11.6. The topological polar surface area (TPSA) is 90.9 Å². The molecular formula is C11H10BrClN4O2S. The molecule has 9 heteroatoms. The average Bonchev–Trinajstić information content (AvgIpc) is 3.07. The fraction of sp³-hybridized carbons (Fsp3) is 0.273. The van der Waals surface area contributed by atoms with Crippen molar-refractivity contribution in [3.8, 4) is 11.4 Å². The van der Waals surface area contributed by atoms with E-state index in [1.165, 1.54) is 0 Å². The van der Waals surface area contributed by atoms with E-state index in [0.717, 1.165) is 22.9 Å². The van der Waals surface area contributed by atoms with E-state index in [1.54, 1.807) is 22.8 Å². The van der Waals surface area contributed by atoms with Gasteiger partial charge in [-0.1, -0.05) is 11.6 Å². The zero-order valence-corrected chi connectivity index (χ0v) is 13.3. The zero-order valence-electron chi connectivity index (χ0n) is 10.1. The van der Waals surface area contributed by atoms with Crippen molar-refractivity contribution in [1.29, 1.82) is 0 Å². The average molecular weight is 378 g/mol. The molecule has 1 aliphatic rings. The van der Waals surface area contributed by atoms with Crippen LogP contribution in [0.3, 0.4) is 0 Å². The van der Waals surface area contributed by atoms with Gasteiger partial charge in [-0.2, -0.15) is 0 Å². The molecule has 0 radical (unpaired) electrons. The van der Waals surface area contributed by atoms with Crippen molar-refractivity contribution < 1.29 is 8.42 Å². The van der Waals surface area contributed by atoms with Gasteiger partial charge in [0.1, 0.15) is 0 Å². The molecule has 0 unspecified atom stereocenters. The standard InChI is InChI=1S/C11H10BrClN4O2S/c12-9-5-6(13)1-4-8(9)10-15-16-11(20(14,18)19)17(10)7-2-3-7/h1,4-5,7H,2-3H2,(H2,14,18,19). The summed E-state index contributed by atoms with van der Waals surface area (Å²) in [6, 6.07) is 5.28. The zero-order chi connectivity index (χ0) is 14.5. The summed E-state index contributed by atoms with van der Waals surface area (Å²) in [5, 5.41) is 13.3. The molecule has 0 bridgehead atoms. The van der Waals surface area contributed by atoms with Crippen LogP contribution in [0.1, 0.15) is 18.9 Å². The Labute approximate surface area is 129 Å². The fourth-order valence-corrected chi connectivity index (χ4v) is 3.51. The van der Waals surface area contributed by atoms with Crippen LogP contribution in [0.25, 0.3) is 11.4 Å². The largest absolute Gasteiger partial charge is 0.294 e. The molecule has 2 aromatic rings. The van der Waals surface area contributed by atoms with Crippen molar-refractivity contribution in [2.75, 3.05) is 0 Å². The van der Waals surface area contributed by atoms with Gasteiger partial charge >= 0.3 is 0 Å². The number of nitrogens with two attached hydrogens (primary N) is 1. The van der Waals surface area contributed by atoms with Crippen LogP contribution in [0.5, 0.6) is 0 Å². The number of hydrogen-bond acceptors (Lipinski definition) is 4. The lowest BCUT2D eigenvalue weighted by atomic mass is 10.2. The number of primary sulfonamides is 1. The summed E-state index contributed by atoms with van der Waals surface area (Å²) in [7, 11) is -3.90. The number of hydrogen-bond donors (Lipinski definition) is 1. The molecule has 6 nitrogen and oxygen atoms in total. The predicted molar refractivity (Wildman–Crippen MR) is 77.8 cm³/mol. The third-order valence-electron chi connectivity index (χ3n) is 3.00. The van der Waals surface area contributed by atoms with Crippen LogP contribution in [0.4, 0.5) is 0 Å². The molecule has 1 aliphatic carbocycles. The van der Waals surface area contributed by atoms with Crippen LogP contribution < -0.4 is 5.14 Å². The lowest BCUT2D eigenvalue weighted by Crippen LogP contribution is -2.18. The molecule has 0 spiro atoms. The van der Waals surface area contributed by atoms with Crippen LogP contribution in [0.2, 0.25) is 5.02 Å². The van der Waals surface area contributed by atoms with E-state index in [1.807, 2.05) is 0 Å². The third kappa shape index (κ3) is 2.48. The second kappa shape index (κ2) is 4.80. The van der Waals surface area contributed by atoms with Gasteiger partial charge < -0.3 is 0 Å². The second-order valence-electron chi connectivity index (χ2n) is 4.58. The highest BCUT2D eigenvalue weighted by Gasteiger charge is 2.33. The van der Waals surface area contributed by atoms with E-state index in [9.17, 15) is 8.42 Å². The van der Waals surface area contributed by atoms with Gasteiger partial charge in [0, 0.05) is 21.1 Å². The minimum atomic E-state index is -3.90. The maximum absolute atomic E-state index is 11.6. The Hall–Kier alpha value is -0.960.